The Hall–Kier alpha value is -1.42. The topological polar surface area (TPSA) is 21.3 Å². The van der Waals surface area contributed by atoms with Crippen molar-refractivity contribution in [3.05, 3.63) is 70.5 Å². The molecule has 2 nitrogen and oxygen atoms in total. The Morgan fingerprint density at radius 2 is 1.85 bits per heavy atom. The van der Waals surface area contributed by atoms with Gasteiger partial charge in [0.25, 0.3) is 0 Å². The van der Waals surface area contributed by atoms with E-state index in [0.29, 0.717) is 0 Å². The molecular formula is C23H29ClFNO. The second-order valence-corrected chi connectivity index (χ2v) is 8.76. The Balaban J connectivity index is 1.65. The Bertz CT molecular complexity index is 746. The molecule has 0 spiro atoms. The molecular weight excluding hydrogens is 361 g/mol. The van der Waals surface area contributed by atoms with Gasteiger partial charge in [0, 0.05) is 18.2 Å². The summed E-state index contributed by atoms with van der Waals surface area (Å²) in [6, 6.07) is 14.8. The van der Waals surface area contributed by atoms with E-state index in [9.17, 15) is 4.39 Å². The molecule has 27 heavy (non-hydrogen) atoms. The first-order valence-electron chi connectivity index (χ1n) is 9.70. The van der Waals surface area contributed by atoms with E-state index in [1.54, 1.807) is 0 Å². The molecule has 1 fully saturated rings. The van der Waals surface area contributed by atoms with Crippen molar-refractivity contribution in [2.75, 3.05) is 13.2 Å². The fraction of sp³-hybridized carbons (Fsp3) is 0.478. The van der Waals surface area contributed by atoms with Gasteiger partial charge in [0.1, 0.15) is 5.82 Å². The zero-order chi connectivity index (χ0) is 19.3. The molecule has 2 aromatic rings. The zero-order valence-corrected chi connectivity index (χ0v) is 17.0. The summed E-state index contributed by atoms with van der Waals surface area (Å²) < 4.78 is 19.0. The minimum Gasteiger partial charge on any atom is -0.376 e. The third kappa shape index (κ3) is 5.78. The van der Waals surface area contributed by atoms with E-state index in [-0.39, 0.29) is 16.8 Å². The highest BCUT2D eigenvalue weighted by Gasteiger charge is 2.40. The molecule has 0 aromatic heterocycles. The van der Waals surface area contributed by atoms with Crippen LogP contribution in [0.25, 0.3) is 0 Å². The van der Waals surface area contributed by atoms with Crippen LogP contribution in [0, 0.1) is 11.2 Å². The van der Waals surface area contributed by atoms with E-state index in [1.807, 2.05) is 24.3 Å². The number of benzene rings is 2. The van der Waals surface area contributed by atoms with Crippen LogP contribution in [0.3, 0.4) is 0 Å². The van der Waals surface area contributed by atoms with Crippen LogP contribution in [-0.2, 0) is 17.7 Å². The number of nitrogens with one attached hydrogen (secondary N) is 1. The van der Waals surface area contributed by atoms with Crippen LogP contribution in [-0.4, -0.2) is 18.8 Å². The Morgan fingerprint density at radius 1 is 1.11 bits per heavy atom. The Morgan fingerprint density at radius 3 is 2.56 bits per heavy atom. The van der Waals surface area contributed by atoms with Gasteiger partial charge in [-0.2, -0.15) is 0 Å². The van der Waals surface area contributed by atoms with Gasteiger partial charge in [0.15, 0.2) is 0 Å². The van der Waals surface area contributed by atoms with E-state index >= 15 is 0 Å². The summed E-state index contributed by atoms with van der Waals surface area (Å²) in [5, 5.41) is 4.37. The van der Waals surface area contributed by atoms with Gasteiger partial charge in [-0.1, -0.05) is 41.9 Å². The normalized spacial score (nSPS) is 21.9. The van der Waals surface area contributed by atoms with Crippen molar-refractivity contribution in [3.8, 4) is 0 Å². The van der Waals surface area contributed by atoms with Crippen molar-refractivity contribution < 1.29 is 9.13 Å². The van der Waals surface area contributed by atoms with Crippen molar-refractivity contribution in [2.24, 2.45) is 5.41 Å². The number of hydrogen-bond donors (Lipinski definition) is 1. The highest BCUT2D eigenvalue weighted by molar-refractivity contribution is 6.31. The highest BCUT2D eigenvalue weighted by atomic mass is 35.5. The molecule has 0 amide bonds. The fourth-order valence-corrected chi connectivity index (χ4v) is 4.48. The second-order valence-electron chi connectivity index (χ2n) is 8.36. The first kappa shape index (κ1) is 20.3. The first-order chi connectivity index (χ1) is 12.9. The summed E-state index contributed by atoms with van der Waals surface area (Å²) in [5.41, 5.74) is 2.37. The minimum absolute atomic E-state index is 0.115. The van der Waals surface area contributed by atoms with Crippen molar-refractivity contribution in [2.45, 2.75) is 51.7 Å². The van der Waals surface area contributed by atoms with Gasteiger partial charge in [-0.05, 0) is 80.8 Å². The lowest BCUT2D eigenvalue weighted by molar-refractivity contribution is -0.107. The quantitative estimate of drug-likeness (QED) is 0.606. The fourth-order valence-electron chi connectivity index (χ4n) is 4.27. The first-order valence-corrected chi connectivity index (χ1v) is 10.1. The molecule has 0 aliphatic carbocycles. The third-order valence-corrected chi connectivity index (χ3v) is 5.89. The lowest BCUT2D eigenvalue weighted by Gasteiger charge is -2.45. The number of hydrogen-bond acceptors (Lipinski definition) is 2. The predicted molar refractivity (Wildman–Crippen MR) is 110 cm³/mol. The van der Waals surface area contributed by atoms with Crippen LogP contribution < -0.4 is 5.32 Å². The minimum atomic E-state index is -0.193. The maximum atomic E-state index is 13.0. The van der Waals surface area contributed by atoms with E-state index in [0.717, 1.165) is 56.0 Å². The molecule has 1 aliphatic rings. The summed E-state index contributed by atoms with van der Waals surface area (Å²) in [5.74, 6) is -0.193. The van der Waals surface area contributed by atoms with Crippen molar-refractivity contribution in [1.29, 1.82) is 0 Å². The van der Waals surface area contributed by atoms with E-state index in [4.69, 9.17) is 16.3 Å². The SMILES string of the molecule is CC1(C)CC(CCNCc2ccc(F)cc2)(Cc2ccccc2Cl)CCO1. The zero-order valence-electron chi connectivity index (χ0n) is 16.2. The molecule has 0 radical (unpaired) electrons. The van der Waals surface area contributed by atoms with E-state index in [1.165, 1.54) is 17.7 Å². The molecule has 1 heterocycles. The van der Waals surface area contributed by atoms with Crippen LogP contribution >= 0.6 is 11.6 Å². The molecule has 1 N–H and O–H groups in total. The van der Waals surface area contributed by atoms with E-state index in [2.05, 4.69) is 31.3 Å². The van der Waals surface area contributed by atoms with Crippen LogP contribution in [0.4, 0.5) is 4.39 Å². The number of rotatable bonds is 7. The summed E-state index contributed by atoms with van der Waals surface area (Å²) in [6.45, 7) is 6.81. The van der Waals surface area contributed by atoms with Gasteiger partial charge in [-0.3, -0.25) is 0 Å². The van der Waals surface area contributed by atoms with Crippen molar-refractivity contribution in [1.82, 2.24) is 5.32 Å². The molecule has 1 atom stereocenters. The molecule has 1 unspecified atom stereocenters. The van der Waals surface area contributed by atoms with Crippen molar-refractivity contribution in [3.63, 3.8) is 0 Å². The summed E-state index contributed by atoms with van der Waals surface area (Å²) in [7, 11) is 0. The lowest BCUT2D eigenvalue weighted by Crippen LogP contribution is -2.43. The maximum Gasteiger partial charge on any atom is 0.123 e. The summed E-state index contributed by atoms with van der Waals surface area (Å²) in [6.07, 6.45) is 4.09. The van der Waals surface area contributed by atoms with E-state index < -0.39 is 0 Å². The second kappa shape index (κ2) is 8.72. The molecule has 4 heteroatoms. The molecule has 3 rings (SSSR count). The molecule has 146 valence electrons. The number of halogens is 2. The van der Waals surface area contributed by atoms with Gasteiger partial charge >= 0.3 is 0 Å². The van der Waals surface area contributed by atoms with Crippen LogP contribution in [0.15, 0.2) is 48.5 Å². The van der Waals surface area contributed by atoms with Gasteiger partial charge in [-0.25, -0.2) is 4.39 Å². The summed E-state index contributed by atoms with van der Waals surface area (Å²) in [4.78, 5) is 0. The lowest BCUT2D eigenvalue weighted by atomic mass is 9.68. The Labute approximate surface area is 167 Å². The van der Waals surface area contributed by atoms with Crippen LogP contribution in [0.5, 0.6) is 0 Å². The van der Waals surface area contributed by atoms with Gasteiger partial charge in [-0.15, -0.1) is 0 Å². The molecule has 0 saturated carbocycles. The average Bonchev–Trinajstić information content (AvgIpc) is 2.62. The molecule has 1 saturated heterocycles. The van der Waals surface area contributed by atoms with Crippen LogP contribution in [0.2, 0.25) is 5.02 Å². The smallest absolute Gasteiger partial charge is 0.123 e. The maximum absolute atomic E-state index is 13.0. The third-order valence-electron chi connectivity index (χ3n) is 5.52. The average molecular weight is 390 g/mol. The van der Waals surface area contributed by atoms with Gasteiger partial charge in [0.05, 0.1) is 5.60 Å². The van der Waals surface area contributed by atoms with Gasteiger partial charge < -0.3 is 10.1 Å². The Kier molecular flexibility index (Phi) is 6.56. The largest absolute Gasteiger partial charge is 0.376 e. The van der Waals surface area contributed by atoms with Crippen molar-refractivity contribution >= 4 is 11.6 Å². The highest BCUT2D eigenvalue weighted by Crippen LogP contribution is 2.44. The monoisotopic (exact) mass is 389 g/mol. The standard InChI is InChI=1S/C23H29ClFNO/c1-22(2)17-23(12-14-27-22,15-19-5-3-4-6-21(19)24)11-13-26-16-18-7-9-20(25)10-8-18/h3-10,26H,11-17H2,1-2H3. The molecule has 2 aromatic carbocycles. The van der Waals surface area contributed by atoms with Gasteiger partial charge in [0.2, 0.25) is 0 Å². The summed E-state index contributed by atoms with van der Waals surface area (Å²) >= 11 is 6.45. The number of ether oxygens (including phenoxy) is 1. The molecule has 0 bridgehead atoms. The molecule has 1 aliphatic heterocycles. The van der Waals surface area contributed by atoms with Crippen LogP contribution in [0.1, 0.15) is 44.2 Å². The predicted octanol–water partition coefficient (Wildman–Crippen LogP) is 5.78.